The van der Waals surface area contributed by atoms with Crippen molar-refractivity contribution < 1.29 is 0 Å². The minimum Gasteiger partial charge on any atom is -0.335 e. The van der Waals surface area contributed by atoms with Crippen molar-refractivity contribution in [3.63, 3.8) is 0 Å². The Morgan fingerprint density at radius 1 is 1.29 bits per heavy atom. The number of nitrogens with zero attached hydrogens (tertiary/aromatic N) is 4. The fourth-order valence-electron chi connectivity index (χ4n) is 1.38. The van der Waals surface area contributed by atoms with Crippen molar-refractivity contribution in [2.45, 2.75) is 24.9 Å². The first-order valence-electron chi connectivity index (χ1n) is 5.56. The van der Waals surface area contributed by atoms with Gasteiger partial charge in [-0.3, -0.25) is 4.98 Å². The molecule has 2 rings (SSSR count). The van der Waals surface area contributed by atoms with Gasteiger partial charge >= 0.3 is 0 Å². The van der Waals surface area contributed by atoms with E-state index < -0.39 is 0 Å². The molecule has 2 aromatic heterocycles. The monoisotopic (exact) mass is 249 g/mol. The molecule has 2 heterocycles. The number of thioether (sulfide) groups is 1. The van der Waals surface area contributed by atoms with E-state index in [-0.39, 0.29) is 0 Å². The summed E-state index contributed by atoms with van der Waals surface area (Å²) in [6.07, 6.45) is 5.76. The van der Waals surface area contributed by atoms with Crippen LogP contribution < -0.4 is 5.84 Å². The molecule has 2 aromatic rings. The molecule has 6 heteroatoms. The quantitative estimate of drug-likeness (QED) is 0.498. The van der Waals surface area contributed by atoms with E-state index in [1.165, 1.54) is 11.1 Å². The second-order valence-electron chi connectivity index (χ2n) is 3.61. The minimum atomic E-state index is 0.673. The summed E-state index contributed by atoms with van der Waals surface area (Å²) in [7, 11) is 0. The lowest BCUT2D eigenvalue weighted by Crippen LogP contribution is -2.11. The lowest BCUT2D eigenvalue weighted by atomic mass is 10.2. The third-order valence-electron chi connectivity index (χ3n) is 2.33. The molecule has 17 heavy (non-hydrogen) atoms. The number of nitrogens with two attached hydrogens (primary N) is 1. The molecule has 0 unspecified atom stereocenters. The van der Waals surface area contributed by atoms with Crippen molar-refractivity contribution in [1.29, 1.82) is 0 Å². The van der Waals surface area contributed by atoms with Crippen LogP contribution in [0.25, 0.3) is 11.4 Å². The van der Waals surface area contributed by atoms with E-state index in [1.807, 2.05) is 12.1 Å². The highest BCUT2D eigenvalue weighted by Crippen LogP contribution is 2.21. The number of rotatable bonds is 5. The van der Waals surface area contributed by atoms with Crippen LogP contribution in [0.1, 0.15) is 19.8 Å². The van der Waals surface area contributed by atoms with E-state index in [0.29, 0.717) is 5.82 Å². The molecular weight excluding hydrogens is 234 g/mol. The van der Waals surface area contributed by atoms with Gasteiger partial charge in [-0.15, -0.1) is 10.2 Å². The minimum absolute atomic E-state index is 0.673. The number of hydrogen-bond donors (Lipinski definition) is 1. The van der Waals surface area contributed by atoms with E-state index in [4.69, 9.17) is 5.84 Å². The molecule has 0 spiro atoms. The highest BCUT2D eigenvalue weighted by molar-refractivity contribution is 7.99. The first-order chi connectivity index (χ1) is 8.33. The van der Waals surface area contributed by atoms with Crippen LogP contribution in [0.2, 0.25) is 0 Å². The van der Waals surface area contributed by atoms with Crippen LogP contribution in [0.3, 0.4) is 0 Å². The van der Waals surface area contributed by atoms with Crippen LogP contribution in [-0.2, 0) is 0 Å². The normalized spacial score (nSPS) is 10.6. The van der Waals surface area contributed by atoms with Crippen LogP contribution >= 0.6 is 11.8 Å². The molecule has 0 amide bonds. The van der Waals surface area contributed by atoms with Gasteiger partial charge in [-0.1, -0.05) is 25.1 Å². The SMILES string of the molecule is CCCCSc1nnc(-c2ccncc2)n1N. The second kappa shape index (κ2) is 5.67. The molecule has 0 aliphatic rings. The molecule has 0 bridgehead atoms. The summed E-state index contributed by atoms with van der Waals surface area (Å²) in [5, 5.41) is 8.95. The Hall–Kier alpha value is -1.56. The van der Waals surface area contributed by atoms with Crippen molar-refractivity contribution in [2.75, 3.05) is 11.6 Å². The summed E-state index contributed by atoms with van der Waals surface area (Å²) in [6, 6.07) is 3.74. The molecule has 0 aliphatic carbocycles. The zero-order valence-electron chi connectivity index (χ0n) is 9.71. The number of hydrogen-bond acceptors (Lipinski definition) is 5. The molecule has 0 aliphatic heterocycles. The van der Waals surface area contributed by atoms with Gasteiger partial charge in [0.25, 0.3) is 0 Å². The summed E-state index contributed by atoms with van der Waals surface area (Å²) >= 11 is 1.64. The van der Waals surface area contributed by atoms with Crippen molar-refractivity contribution in [2.24, 2.45) is 0 Å². The van der Waals surface area contributed by atoms with Gasteiger partial charge in [-0.25, -0.2) is 4.68 Å². The van der Waals surface area contributed by atoms with Crippen molar-refractivity contribution in [3.05, 3.63) is 24.5 Å². The number of unbranched alkanes of at least 4 members (excludes halogenated alkanes) is 1. The van der Waals surface area contributed by atoms with E-state index in [9.17, 15) is 0 Å². The molecular formula is C11H15N5S. The molecule has 0 radical (unpaired) electrons. The van der Waals surface area contributed by atoms with Gasteiger partial charge in [0, 0.05) is 23.7 Å². The summed E-state index contributed by atoms with van der Waals surface area (Å²) in [5.74, 6) is 7.66. The Bertz CT molecular complexity index is 468. The van der Waals surface area contributed by atoms with E-state index in [0.717, 1.165) is 22.9 Å². The zero-order chi connectivity index (χ0) is 12.1. The molecule has 0 aromatic carbocycles. The molecule has 0 saturated heterocycles. The largest absolute Gasteiger partial charge is 0.335 e. The maximum Gasteiger partial charge on any atom is 0.210 e. The number of nitrogen functional groups attached to an aromatic ring is 1. The topological polar surface area (TPSA) is 69.6 Å². The molecule has 0 saturated carbocycles. The van der Waals surface area contributed by atoms with Gasteiger partial charge in [0.05, 0.1) is 0 Å². The summed E-state index contributed by atoms with van der Waals surface area (Å²) in [4.78, 5) is 3.96. The Morgan fingerprint density at radius 2 is 2.06 bits per heavy atom. The summed E-state index contributed by atoms with van der Waals surface area (Å²) < 4.78 is 1.54. The second-order valence-corrected chi connectivity index (χ2v) is 4.68. The fraction of sp³-hybridized carbons (Fsp3) is 0.364. The first kappa shape index (κ1) is 11.9. The summed E-state index contributed by atoms with van der Waals surface area (Å²) in [5.41, 5.74) is 0.928. The van der Waals surface area contributed by atoms with Gasteiger partial charge in [-0.05, 0) is 18.6 Å². The van der Waals surface area contributed by atoms with E-state index >= 15 is 0 Å². The van der Waals surface area contributed by atoms with Crippen LogP contribution in [0, 0.1) is 0 Å². The molecule has 90 valence electrons. The predicted molar refractivity (Wildman–Crippen MR) is 69.0 cm³/mol. The average molecular weight is 249 g/mol. The maximum atomic E-state index is 5.97. The molecule has 2 N–H and O–H groups in total. The van der Waals surface area contributed by atoms with E-state index in [1.54, 1.807) is 24.2 Å². The van der Waals surface area contributed by atoms with Gasteiger partial charge in [-0.2, -0.15) is 0 Å². The standard InChI is InChI=1S/C11H15N5S/c1-2-3-8-17-11-15-14-10(16(11)12)9-4-6-13-7-5-9/h4-7H,2-3,8,12H2,1H3. The third kappa shape index (κ3) is 2.76. The Labute approximate surface area is 104 Å². The number of aromatic nitrogens is 4. The molecule has 0 fully saturated rings. The molecule has 5 nitrogen and oxygen atoms in total. The molecule has 0 atom stereocenters. The fourth-order valence-corrected chi connectivity index (χ4v) is 2.32. The third-order valence-corrected chi connectivity index (χ3v) is 3.36. The maximum absolute atomic E-state index is 5.97. The van der Waals surface area contributed by atoms with Gasteiger partial charge in [0.1, 0.15) is 0 Å². The highest BCUT2D eigenvalue weighted by atomic mass is 32.2. The van der Waals surface area contributed by atoms with Crippen molar-refractivity contribution in [3.8, 4) is 11.4 Å². The zero-order valence-corrected chi connectivity index (χ0v) is 10.5. The van der Waals surface area contributed by atoms with Crippen LogP contribution in [0.5, 0.6) is 0 Å². The van der Waals surface area contributed by atoms with Crippen LogP contribution in [0.15, 0.2) is 29.7 Å². The van der Waals surface area contributed by atoms with Crippen molar-refractivity contribution in [1.82, 2.24) is 19.9 Å². The predicted octanol–water partition coefficient (Wildman–Crippen LogP) is 1.95. The average Bonchev–Trinajstić information content (AvgIpc) is 2.73. The van der Waals surface area contributed by atoms with Crippen molar-refractivity contribution >= 4 is 11.8 Å². The summed E-state index contributed by atoms with van der Waals surface area (Å²) in [6.45, 7) is 2.16. The Balaban J connectivity index is 2.15. The Kier molecular flexibility index (Phi) is 3.98. The van der Waals surface area contributed by atoms with Crippen LogP contribution in [-0.4, -0.2) is 25.6 Å². The lowest BCUT2D eigenvalue weighted by Gasteiger charge is -2.02. The lowest BCUT2D eigenvalue weighted by molar-refractivity contribution is 0.840. The van der Waals surface area contributed by atoms with Gasteiger partial charge in [0.15, 0.2) is 5.82 Å². The van der Waals surface area contributed by atoms with Gasteiger partial charge < -0.3 is 5.84 Å². The van der Waals surface area contributed by atoms with Gasteiger partial charge in [0.2, 0.25) is 5.16 Å². The number of pyridine rings is 1. The first-order valence-corrected chi connectivity index (χ1v) is 6.55. The van der Waals surface area contributed by atoms with Crippen LogP contribution in [0.4, 0.5) is 0 Å². The Morgan fingerprint density at radius 3 is 2.76 bits per heavy atom. The highest BCUT2D eigenvalue weighted by Gasteiger charge is 2.11. The smallest absolute Gasteiger partial charge is 0.210 e. The van der Waals surface area contributed by atoms with E-state index in [2.05, 4.69) is 22.1 Å².